The van der Waals surface area contributed by atoms with Crippen molar-refractivity contribution in [1.82, 2.24) is 10.2 Å². The first-order chi connectivity index (χ1) is 23.6. The number of aromatic nitrogens is 2. The number of carbonyl (C=O) groups is 2. The second-order valence-corrected chi connectivity index (χ2v) is 14.9. The van der Waals surface area contributed by atoms with Crippen molar-refractivity contribution in [3.63, 3.8) is 0 Å². The Kier molecular flexibility index (Phi) is 10.3. The Morgan fingerprint density at radius 3 is 2.29 bits per heavy atom. The fourth-order valence-corrected chi connectivity index (χ4v) is 8.40. The molecule has 8 rings (SSSR count). The van der Waals surface area contributed by atoms with Gasteiger partial charge < -0.3 is 24.2 Å². The van der Waals surface area contributed by atoms with Crippen LogP contribution in [0.2, 0.25) is 0 Å². The van der Waals surface area contributed by atoms with Gasteiger partial charge in [-0.25, -0.2) is 8.42 Å². The molecule has 1 amide bonds. The number of ether oxygens (including phenoxy) is 1. The third-order valence-electron chi connectivity index (χ3n) is 10.4. The van der Waals surface area contributed by atoms with Gasteiger partial charge in [0.2, 0.25) is 0 Å². The van der Waals surface area contributed by atoms with Gasteiger partial charge in [0.05, 0.1) is 23.4 Å². The average molecular weight is 687 g/mol. The molecule has 2 bridgehead atoms. The lowest BCUT2D eigenvalue weighted by Crippen LogP contribution is -2.66. The molecule has 3 aromatic carbocycles. The summed E-state index contributed by atoms with van der Waals surface area (Å²) in [6, 6.07) is 23.0. The van der Waals surface area contributed by atoms with Crippen molar-refractivity contribution < 1.29 is 36.9 Å². The maximum absolute atomic E-state index is 13.9. The zero-order chi connectivity index (χ0) is 34.5. The van der Waals surface area contributed by atoms with Gasteiger partial charge in [0.25, 0.3) is 5.91 Å². The largest absolute Gasteiger partial charge is 0.744 e. The van der Waals surface area contributed by atoms with E-state index in [4.69, 9.17) is 4.74 Å². The number of fused-ring (bicyclic) bond motifs is 4. The molecule has 1 saturated carbocycles. The number of esters is 1. The molecular formula is C37H42N4O7S. The van der Waals surface area contributed by atoms with Gasteiger partial charge in [-0.05, 0) is 42.0 Å². The summed E-state index contributed by atoms with van der Waals surface area (Å²) in [5.74, 6) is 0.268. The van der Waals surface area contributed by atoms with Crippen LogP contribution in [0.15, 0.2) is 90.0 Å². The zero-order valence-corrected chi connectivity index (χ0v) is 28.2. The van der Waals surface area contributed by atoms with Crippen molar-refractivity contribution in [2.24, 2.45) is 5.92 Å². The fraction of sp³-hybridized carbons (Fsp3) is 0.405. The molecule has 11 nitrogen and oxygen atoms in total. The number of piperidine rings is 3. The molecule has 4 heterocycles. The lowest BCUT2D eigenvalue weighted by Gasteiger charge is -2.52. The average Bonchev–Trinajstić information content (AvgIpc) is 3.37. The third-order valence-corrected chi connectivity index (χ3v) is 11.3. The highest BCUT2D eigenvalue weighted by molar-refractivity contribution is 7.85. The molecular weight excluding hydrogens is 644 g/mol. The lowest BCUT2D eigenvalue weighted by molar-refractivity contribution is -0.939. The van der Waals surface area contributed by atoms with E-state index < -0.39 is 26.2 Å². The predicted octanol–water partition coefficient (Wildman–Crippen LogP) is 5.31. The topological polar surface area (TPSA) is 159 Å². The van der Waals surface area contributed by atoms with E-state index in [-0.39, 0.29) is 18.0 Å². The van der Waals surface area contributed by atoms with Gasteiger partial charge in [-0.15, -0.1) is 5.10 Å². The van der Waals surface area contributed by atoms with Gasteiger partial charge in [0.1, 0.15) is 22.4 Å². The Hall–Kier alpha value is -4.39. The molecule has 12 heteroatoms. The zero-order valence-electron chi connectivity index (χ0n) is 27.4. The van der Waals surface area contributed by atoms with Crippen LogP contribution in [-0.4, -0.2) is 76.9 Å². The molecule has 4 aromatic rings. The van der Waals surface area contributed by atoms with Crippen LogP contribution < -0.4 is 5.32 Å². The molecule has 0 unspecified atom stereocenters. The van der Waals surface area contributed by atoms with Crippen molar-refractivity contribution in [2.45, 2.75) is 67.8 Å². The summed E-state index contributed by atoms with van der Waals surface area (Å²) < 4.78 is 39.4. The Bertz CT molecular complexity index is 1870. The van der Waals surface area contributed by atoms with E-state index in [2.05, 4.69) is 27.6 Å². The minimum Gasteiger partial charge on any atom is -0.744 e. The molecule has 0 radical (unpaired) electrons. The van der Waals surface area contributed by atoms with Crippen molar-refractivity contribution in [3.05, 3.63) is 90.6 Å². The first kappa shape index (κ1) is 34.5. The molecule has 0 spiro atoms. The molecule has 4 aliphatic rings. The minimum atomic E-state index is -4.62. The van der Waals surface area contributed by atoms with Crippen LogP contribution in [-0.2, 0) is 29.9 Å². The van der Waals surface area contributed by atoms with Crippen LogP contribution in [0.4, 0.5) is 5.82 Å². The molecule has 1 atom stereocenters. The van der Waals surface area contributed by atoms with Crippen LogP contribution in [0.25, 0.3) is 10.8 Å². The molecule has 1 aliphatic carbocycles. The van der Waals surface area contributed by atoms with E-state index >= 15 is 0 Å². The number of nitrogens with zero attached hydrogens (tertiary/aromatic N) is 3. The number of anilines is 1. The molecule has 258 valence electrons. The Morgan fingerprint density at radius 1 is 0.918 bits per heavy atom. The summed E-state index contributed by atoms with van der Waals surface area (Å²) >= 11 is 0. The van der Waals surface area contributed by atoms with E-state index in [1.807, 2.05) is 18.2 Å². The number of rotatable bonds is 7. The number of phenolic OH excluding ortho intramolecular Hbond substituents is 1. The molecule has 4 fully saturated rings. The van der Waals surface area contributed by atoms with E-state index in [0.29, 0.717) is 33.5 Å². The third kappa shape index (κ3) is 7.76. The number of quaternary nitrogens is 1. The van der Waals surface area contributed by atoms with Gasteiger partial charge in [-0.2, -0.15) is 5.10 Å². The quantitative estimate of drug-likeness (QED) is 0.114. The Balaban J connectivity index is 0.000000232. The van der Waals surface area contributed by atoms with Crippen molar-refractivity contribution in [1.29, 1.82) is 0 Å². The van der Waals surface area contributed by atoms with E-state index in [1.165, 1.54) is 18.9 Å². The van der Waals surface area contributed by atoms with Crippen molar-refractivity contribution >= 4 is 38.6 Å². The molecule has 2 N–H and O–H groups in total. The summed E-state index contributed by atoms with van der Waals surface area (Å²) in [4.78, 5) is 26.1. The number of aromatic hydroxyl groups is 1. The Labute approximate surface area is 286 Å². The Morgan fingerprint density at radius 2 is 1.61 bits per heavy atom. The SMILES string of the molecule is O=C(C[N+]12CCC(CC1)[C@@H](OC(=O)C1(c3ccccc3)CCCCCC1)C2)Nc1cccnn1.O=S(=O)([O-])c1ccc2ccccc2c1O. The normalized spacial score (nSPS) is 23.0. The number of benzene rings is 3. The predicted molar refractivity (Wildman–Crippen MR) is 182 cm³/mol. The second kappa shape index (κ2) is 14.6. The van der Waals surface area contributed by atoms with Gasteiger partial charge in [-0.1, -0.05) is 86.3 Å². The first-order valence-electron chi connectivity index (χ1n) is 16.9. The summed E-state index contributed by atoms with van der Waals surface area (Å²) in [5, 5.41) is 21.3. The number of nitrogens with one attached hydrogen (secondary N) is 1. The monoisotopic (exact) mass is 686 g/mol. The highest BCUT2D eigenvalue weighted by atomic mass is 32.2. The second-order valence-electron chi connectivity index (χ2n) is 13.5. The van der Waals surface area contributed by atoms with Gasteiger partial charge >= 0.3 is 5.97 Å². The number of phenols is 1. The first-order valence-corrected chi connectivity index (χ1v) is 18.4. The van der Waals surface area contributed by atoms with Crippen molar-refractivity contribution in [2.75, 3.05) is 31.5 Å². The van der Waals surface area contributed by atoms with E-state index in [9.17, 15) is 27.7 Å². The van der Waals surface area contributed by atoms with Crippen LogP contribution in [0.5, 0.6) is 5.75 Å². The molecule has 3 saturated heterocycles. The van der Waals surface area contributed by atoms with Crippen LogP contribution in [0.1, 0.15) is 56.9 Å². The number of hydrogen-bond donors (Lipinski definition) is 2. The standard InChI is InChI=1S/C27H34N4O3.C10H8O4S/c32-25(29-24-11-8-16-28-30-24)20-31-17-12-21(13-18-31)23(19-31)34-26(33)27(14-6-1-2-7-15-27)22-9-4-3-5-10-22;11-10-8-4-2-1-3-7(8)5-6-9(10)15(12,13)14/h3-5,8-11,16,21,23H,1-2,6-7,12-15,17-20H2;1-6,11H,(H,12,13,14)/t21?,23-,31?;/m0./s1. The maximum atomic E-state index is 13.9. The maximum Gasteiger partial charge on any atom is 0.317 e. The summed E-state index contributed by atoms with van der Waals surface area (Å²) in [5.41, 5.74) is 0.549. The molecule has 1 aromatic heterocycles. The van der Waals surface area contributed by atoms with Gasteiger partial charge in [-0.3, -0.25) is 9.59 Å². The number of carbonyl (C=O) groups excluding carboxylic acids is 2. The van der Waals surface area contributed by atoms with Crippen LogP contribution in [0, 0.1) is 5.92 Å². The van der Waals surface area contributed by atoms with E-state index in [1.54, 1.807) is 42.6 Å². The van der Waals surface area contributed by atoms with Gasteiger partial charge in [0, 0.05) is 30.3 Å². The number of amides is 1. The minimum absolute atomic E-state index is 0.0542. The fourth-order valence-electron chi connectivity index (χ4n) is 7.82. The molecule has 3 aliphatic heterocycles. The summed E-state index contributed by atoms with van der Waals surface area (Å²) in [6.07, 6.45) is 9.63. The van der Waals surface area contributed by atoms with Gasteiger partial charge in [0.15, 0.2) is 18.5 Å². The van der Waals surface area contributed by atoms with Crippen molar-refractivity contribution in [3.8, 4) is 5.75 Å². The highest BCUT2D eigenvalue weighted by Crippen LogP contribution is 2.42. The molecule has 49 heavy (non-hydrogen) atoms. The summed E-state index contributed by atoms with van der Waals surface area (Å²) in [6.45, 7) is 3.00. The van der Waals surface area contributed by atoms with Crippen LogP contribution in [0.3, 0.4) is 0 Å². The highest BCUT2D eigenvalue weighted by Gasteiger charge is 2.51. The van der Waals surface area contributed by atoms with Crippen LogP contribution >= 0.6 is 0 Å². The number of hydrogen-bond acceptors (Lipinski definition) is 9. The lowest BCUT2D eigenvalue weighted by atomic mass is 9.74. The smallest absolute Gasteiger partial charge is 0.317 e. The summed E-state index contributed by atoms with van der Waals surface area (Å²) in [7, 11) is -4.62. The van der Waals surface area contributed by atoms with E-state index in [0.717, 1.165) is 69.8 Å².